The zero-order chi connectivity index (χ0) is 23.4. The van der Waals surface area contributed by atoms with E-state index in [0.717, 1.165) is 6.20 Å². The first kappa shape index (κ1) is 24.1. The van der Waals surface area contributed by atoms with E-state index in [1.807, 2.05) is 0 Å². The second kappa shape index (κ2) is 9.29. The Hall–Kier alpha value is -3.22. The van der Waals surface area contributed by atoms with Gasteiger partial charge in [0.2, 0.25) is 5.84 Å². The summed E-state index contributed by atoms with van der Waals surface area (Å²) in [5.41, 5.74) is 3.28. The van der Waals surface area contributed by atoms with Crippen molar-refractivity contribution in [3.63, 3.8) is 0 Å². The fourth-order valence-corrected chi connectivity index (χ4v) is 2.13. The highest BCUT2D eigenvalue weighted by Crippen LogP contribution is 2.29. The Balaban J connectivity index is 2.36. The molecule has 2 heterocycles. The maximum absolute atomic E-state index is 12.8. The van der Waals surface area contributed by atoms with Gasteiger partial charge in [0, 0.05) is 18.6 Å². The van der Waals surface area contributed by atoms with E-state index in [9.17, 15) is 31.1 Å². The summed E-state index contributed by atoms with van der Waals surface area (Å²) in [6.07, 6.45) is -7.17. The molecule has 2 aromatic heterocycles. The Morgan fingerprint density at radius 2 is 1.84 bits per heavy atom. The van der Waals surface area contributed by atoms with Gasteiger partial charge in [-0.15, -0.1) is 0 Å². The fraction of sp³-hybridized carbons (Fsp3) is 0.235. The lowest BCUT2D eigenvalue weighted by Gasteiger charge is -2.15. The summed E-state index contributed by atoms with van der Waals surface area (Å²) in [7, 11) is 0. The van der Waals surface area contributed by atoms with E-state index in [0.29, 0.717) is 12.3 Å². The number of amides is 1. The second-order valence-electron chi connectivity index (χ2n) is 5.95. The largest absolute Gasteiger partial charge is 0.449 e. The molecule has 166 valence electrons. The minimum atomic E-state index is -4.98. The molecular weight excluding hydrogens is 454 g/mol. The number of carbonyl (C=O) groups is 1. The van der Waals surface area contributed by atoms with Gasteiger partial charge in [0.25, 0.3) is 5.91 Å². The van der Waals surface area contributed by atoms with Crippen molar-refractivity contribution in [2.24, 2.45) is 15.7 Å². The van der Waals surface area contributed by atoms with Gasteiger partial charge in [-0.25, -0.2) is 15.0 Å². The van der Waals surface area contributed by atoms with Crippen LogP contribution in [0.5, 0.6) is 0 Å². The summed E-state index contributed by atoms with van der Waals surface area (Å²) in [4.78, 5) is 26.5. The van der Waals surface area contributed by atoms with E-state index < -0.39 is 47.1 Å². The molecule has 0 fully saturated rings. The van der Waals surface area contributed by atoms with Crippen molar-refractivity contribution in [3.8, 4) is 0 Å². The van der Waals surface area contributed by atoms with Crippen LogP contribution < -0.4 is 11.1 Å². The van der Waals surface area contributed by atoms with Crippen LogP contribution in [0.2, 0.25) is 5.02 Å². The van der Waals surface area contributed by atoms with Crippen molar-refractivity contribution in [1.82, 2.24) is 15.3 Å². The van der Waals surface area contributed by atoms with Crippen LogP contribution in [-0.4, -0.2) is 39.8 Å². The molecule has 0 radical (unpaired) electrons. The summed E-state index contributed by atoms with van der Waals surface area (Å²) in [6, 6.07) is 1.87. The molecule has 31 heavy (non-hydrogen) atoms. The van der Waals surface area contributed by atoms with Crippen molar-refractivity contribution in [3.05, 3.63) is 52.9 Å². The van der Waals surface area contributed by atoms with Gasteiger partial charge in [0.05, 0.1) is 22.2 Å². The standard InChI is InChI=1S/C17H13ClF6N6O/c1-8(28-14(31)9-4-10(6-26-5-9)16(19,20)21)13(30-15(25)17(22,23)24)29-12-3-2-11(18)7-27-12/h2-8H,1H3,(H,28,31)(H2,25,27,29,30)/t8-/m0/s1. The number of alkyl halides is 6. The minimum absolute atomic E-state index is 0.0973. The van der Waals surface area contributed by atoms with E-state index in [4.69, 9.17) is 17.3 Å². The molecule has 0 aliphatic carbocycles. The summed E-state index contributed by atoms with van der Waals surface area (Å²) >= 11 is 5.69. The van der Waals surface area contributed by atoms with Gasteiger partial charge in [-0.2, -0.15) is 26.3 Å². The molecule has 0 aliphatic heterocycles. The lowest BCUT2D eigenvalue weighted by molar-refractivity contribution is -0.137. The molecule has 3 N–H and O–H groups in total. The maximum Gasteiger partial charge on any atom is 0.449 e. The Labute approximate surface area is 176 Å². The monoisotopic (exact) mass is 466 g/mol. The highest BCUT2D eigenvalue weighted by atomic mass is 35.5. The molecule has 0 unspecified atom stereocenters. The maximum atomic E-state index is 12.8. The van der Waals surface area contributed by atoms with Gasteiger partial charge in [0.1, 0.15) is 0 Å². The molecule has 1 amide bonds. The number of aromatic nitrogens is 2. The second-order valence-corrected chi connectivity index (χ2v) is 6.39. The van der Waals surface area contributed by atoms with E-state index in [1.165, 1.54) is 25.3 Å². The van der Waals surface area contributed by atoms with Gasteiger partial charge >= 0.3 is 12.4 Å². The van der Waals surface area contributed by atoms with Crippen LogP contribution in [0.25, 0.3) is 0 Å². The number of hydrogen-bond acceptors (Lipinski definition) is 4. The number of pyridine rings is 2. The smallest absolute Gasteiger partial charge is 0.380 e. The molecule has 2 aromatic rings. The fourth-order valence-electron chi connectivity index (χ4n) is 2.02. The zero-order valence-electron chi connectivity index (χ0n) is 15.5. The Morgan fingerprint density at radius 1 is 1.16 bits per heavy atom. The number of hydrogen-bond donors (Lipinski definition) is 2. The van der Waals surface area contributed by atoms with Crippen molar-refractivity contribution in [1.29, 1.82) is 0 Å². The van der Waals surface area contributed by atoms with Crippen molar-refractivity contribution < 1.29 is 31.1 Å². The first-order chi connectivity index (χ1) is 14.3. The third-order valence-electron chi connectivity index (χ3n) is 3.53. The number of halogens is 7. The molecule has 0 saturated heterocycles. The number of rotatable bonds is 4. The van der Waals surface area contributed by atoms with Crippen LogP contribution in [0.4, 0.5) is 32.2 Å². The highest BCUT2D eigenvalue weighted by Gasteiger charge is 2.35. The third kappa shape index (κ3) is 6.91. The van der Waals surface area contributed by atoms with Crippen LogP contribution in [0.15, 0.2) is 46.8 Å². The number of amidine groups is 2. The summed E-state index contributed by atoms with van der Waals surface area (Å²) in [6.45, 7) is 1.21. The number of carbonyl (C=O) groups excluding carboxylic acids is 1. The summed E-state index contributed by atoms with van der Waals surface area (Å²) < 4.78 is 76.8. The van der Waals surface area contributed by atoms with Gasteiger partial charge < -0.3 is 11.1 Å². The molecule has 2 rings (SSSR count). The highest BCUT2D eigenvalue weighted by molar-refractivity contribution is 6.30. The van der Waals surface area contributed by atoms with Crippen LogP contribution in [-0.2, 0) is 6.18 Å². The van der Waals surface area contributed by atoms with Crippen LogP contribution in [0.1, 0.15) is 22.8 Å². The third-order valence-corrected chi connectivity index (χ3v) is 3.75. The summed E-state index contributed by atoms with van der Waals surface area (Å²) in [5, 5.41) is 2.44. The normalized spacial score (nSPS) is 14.3. The van der Waals surface area contributed by atoms with Crippen LogP contribution >= 0.6 is 11.6 Å². The molecule has 0 bridgehead atoms. The predicted molar refractivity (Wildman–Crippen MR) is 100 cm³/mol. The first-order valence-corrected chi connectivity index (χ1v) is 8.60. The number of nitrogens with one attached hydrogen (secondary N) is 1. The summed E-state index contributed by atoms with van der Waals surface area (Å²) in [5.74, 6) is -3.50. The van der Waals surface area contributed by atoms with E-state index in [2.05, 4.69) is 25.3 Å². The first-order valence-electron chi connectivity index (χ1n) is 8.22. The van der Waals surface area contributed by atoms with Crippen LogP contribution in [0.3, 0.4) is 0 Å². The molecule has 0 aromatic carbocycles. The Kier molecular flexibility index (Phi) is 7.21. The van der Waals surface area contributed by atoms with E-state index in [-0.39, 0.29) is 10.8 Å². The van der Waals surface area contributed by atoms with Gasteiger partial charge in [-0.1, -0.05) is 11.6 Å². The SMILES string of the molecule is C[C@H](NC(=O)c1cncc(C(F)(F)F)c1)C(=Nc1ccc(Cl)cn1)N=C(N)C(F)(F)F. The molecule has 0 spiro atoms. The van der Waals surface area contributed by atoms with Gasteiger partial charge in [-0.05, 0) is 25.1 Å². The number of nitrogens with zero attached hydrogens (tertiary/aromatic N) is 4. The number of aliphatic imine (C=N–C) groups is 2. The van der Waals surface area contributed by atoms with E-state index >= 15 is 0 Å². The van der Waals surface area contributed by atoms with Gasteiger partial charge in [0.15, 0.2) is 11.7 Å². The zero-order valence-corrected chi connectivity index (χ0v) is 16.2. The van der Waals surface area contributed by atoms with Crippen LogP contribution in [0, 0.1) is 0 Å². The van der Waals surface area contributed by atoms with Crippen molar-refractivity contribution in [2.45, 2.75) is 25.3 Å². The Morgan fingerprint density at radius 3 is 2.39 bits per heavy atom. The lowest BCUT2D eigenvalue weighted by atomic mass is 10.1. The quantitative estimate of drug-likeness (QED) is 0.405. The predicted octanol–water partition coefficient (Wildman–Crippen LogP) is 3.92. The molecular formula is C17H13ClF6N6O. The molecule has 0 aliphatic rings. The molecule has 14 heteroatoms. The van der Waals surface area contributed by atoms with Crippen molar-refractivity contribution in [2.75, 3.05) is 0 Å². The average molecular weight is 467 g/mol. The Bertz CT molecular complexity index is 1000. The van der Waals surface area contributed by atoms with Gasteiger partial charge in [-0.3, -0.25) is 9.78 Å². The number of nitrogens with two attached hydrogens (primary N) is 1. The minimum Gasteiger partial charge on any atom is -0.380 e. The van der Waals surface area contributed by atoms with Crippen molar-refractivity contribution >= 4 is 35.0 Å². The molecule has 1 atom stereocenters. The van der Waals surface area contributed by atoms with E-state index in [1.54, 1.807) is 0 Å². The average Bonchev–Trinajstić information content (AvgIpc) is 2.67. The molecule has 7 nitrogen and oxygen atoms in total. The topological polar surface area (TPSA) is 106 Å². The molecule has 0 saturated carbocycles. The lowest BCUT2D eigenvalue weighted by Crippen LogP contribution is -2.40.